The smallest absolute Gasteiger partial charge is 0.416 e. The first-order valence-corrected chi connectivity index (χ1v) is 9.19. The molecule has 12 heteroatoms. The molecule has 150 valence electrons. The van der Waals surface area contributed by atoms with Gasteiger partial charge in [0.05, 0.1) is 22.3 Å². The Morgan fingerprint density at radius 3 is 1.25 bits per heavy atom. The summed E-state index contributed by atoms with van der Waals surface area (Å²) in [6.45, 7) is 0. The average molecular weight is 442 g/mol. The summed E-state index contributed by atoms with van der Waals surface area (Å²) in [5.74, 6) is -3.08. The van der Waals surface area contributed by atoms with E-state index in [1.807, 2.05) is 0 Å². The van der Waals surface area contributed by atoms with Gasteiger partial charge in [0.15, 0.2) is 0 Å². The van der Waals surface area contributed by atoms with E-state index >= 15 is 0 Å². The molecule has 2 aromatic carbocycles. The molecule has 0 unspecified atom stereocenters. The third kappa shape index (κ3) is 5.13. The van der Waals surface area contributed by atoms with Gasteiger partial charge < -0.3 is 10.2 Å². The van der Waals surface area contributed by atoms with E-state index in [4.69, 9.17) is 10.2 Å². The summed E-state index contributed by atoms with van der Waals surface area (Å²) in [7, 11) is 0.830. The molecule has 0 amide bonds. The molecule has 2 N–H and O–H groups in total. The molecule has 28 heavy (non-hydrogen) atoms. The number of hydrogen-bond donors (Lipinski definition) is 2. The van der Waals surface area contributed by atoms with E-state index in [0.29, 0.717) is 45.9 Å². The SMILES string of the molecule is O=C(O)c1ccc(C(F)(F)F)cc1SSc1cc(C(F)(F)F)ccc1C(=O)O. The van der Waals surface area contributed by atoms with Crippen LogP contribution in [-0.4, -0.2) is 22.2 Å². The number of carbonyl (C=O) groups is 2. The Hall–Kier alpha value is -2.34. The van der Waals surface area contributed by atoms with Crippen molar-refractivity contribution in [1.82, 2.24) is 0 Å². The predicted molar refractivity (Wildman–Crippen MR) is 88.5 cm³/mol. The lowest BCUT2D eigenvalue weighted by Gasteiger charge is -2.13. The fourth-order valence-corrected chi connectivity index (χ4v) is 4.36. The van der Waals surface area contributed by atoms with E-state index in [9.17, 15) is 35.9 Å². The van der Waals surface area contributed by atoms with Crippen molar-refractivity contribution < 1.29 is 46.1 Å². The van der Waals surface area contributed by atoms with Gasteiger partial charge in [-0.15, -0.1) is 0 Å². The molecule has 0 fully saturated rings. The summed E-state index contributed by atoms with van der Waals surface area (Å²) in [6, 6.07) is 3.64. The van der Waals surface area contributed by atoms with Gasteiger partial charge in [0.2, 0.25) is 0 Å². The molecule has 0 radical (unpaired) electrons. The average Bonchev–Trinajstić information content (AvgIpc) is 2.57. The molecule has 0 heterocycles. The molecule has 0 bridgehead atoms. The topological polar surface area (TPSA) is 74.6 Å². The highest BCUT2D eigenvalue weighted by molar-refractivity contribution is 8.76. The molecule has 0 aliphatic carbocycles. The molecule has 0 spiro atoms. The summed E-state index contributed by atoms with van der Waals surface area (Å²) in [5, 5.41) is 18.2. The highest BCUT2D eigenvalue weighted by Gasteiger charge is 2.33. The molecular formula is C16H8F6O4S2. The van der Waals surface area contributed by atoms with Crippen LogP contribution < -0.4 is 0 Å². The Kier molecular flexibility index (Phi) is 6.24. The van der Waals surface area contributed by atoms with Crippen molar-refractivity contribution >= 4 is 33.5 Å². The molecule has 0 saturated carbocycles. The monoisotopic (exact) mass is 442 g/mol. The zero-order valence-electron chi connectivity index (χ0n) is 13.3. The van der Waals surface area contributed by atoms with Crippen LogP contribution in [0.15, 0.2) is 46.2 Å². The Labute approximate surface area is 160 Å². The van der Waals surface area contributed by atoms with Gasteiger partial charge in [0.1, 0.15) is 0 Å². The second-order valence-corrected chi connectivity index (χ2v) is 7.41. The summed E-state index contributed by atoms with van der Waals surface area (Å²) >= 11 is 0. The number of benzene rings is 2. The molecular weight excluding hydrogens is 434 g/mol. The maximum atomic E-state index is 12.9. The van der Waals surface area contributed by atoms with E-state index in [1.165, 1.54) is 0 Å². The Morgan fingerprint density at radius 1 is 0.679 bits per heavy atom. The van der Waals surface area contributed by atoms with Crippen LogP contribution in [0, 0.1) is 0 Å². The van der Waals surface area contributed by atoms with Gasteiger partial charge in [-0.1, -0.05) is 21.6 Å². The van der Waals surface area contributed by atoms with E-state index in [-0.39, 0.29) is 9.79 Å². The summed E-state index contributed by atoms with van der Waals surface area (Å²) < 4.78 is 77.1. The van der Waals surface area contributed by atoms with E-state index < -0.39 is 46.5 Å². The zero-order valence-corrected chi connectivity index (χ0v) is 14.9. The van der Waals surface area contributed by atoms with Crippen molar-refractivity contribution in [2.24, 2.45) is 0 Å². The van der Waals surface area contributed by atoms with Crippen LogP contribution in [0.2, 0.25) is 0 Å². The van der Waals surface area contributed by atoms with Gasteiger partial charge in [0, 0.05) is 9.79 Å². The van der Waals surface area contributed by atoms with Gasteiger partial charge in [-0.2, -0.15) is 26.3 Å². The van der Waals surface area contributed by atoms with Crippen molar-refractivity contribution in [2.45, 2.75) is 22.1 Å². The number of rotatable bonds is 5. The number of carboxylic acids is 2. The van der Waals surface area contributed by atoms with Crippen LogP contribution in [0.25, 0.3) is 0 Å². The largest absolute Gasteiger partial charge is 0.478 e. The fourth-order valence-electron chi connectivity index (χ4n) is 1.98. The van der Waals surface area contributed by atoms with Crippen LogP contribution in [0.4, 0.5) is 26.3 Å². The molecule has 0 aliphatic rings. The molecule has 0 aliphatic heterocycles. The van der Waals surface area contributed by atoms with Crippen LogP contribution >= 0.6 is 21.6 Å². The van der Waals surface area contributed by atoms with Gasteiger partial charge in [-0.05, 0) is 36.4 Å². The predicted octanol–water partition coefficient (Wildman–Crippen LogP) is 5.92. The van der Waals surface area contributed by atoms with Crippen LogP contribution in [0.5, 0.6) is 0 Å². The summed E-state index contributed by atoms with van der Waals surface area (Å²) in [4.78, 5) is 21.6. The number of hydrogen-bond acceptors (Lipinski definition) is 4. The van der Waals surface area contributed by atoms with Gasteiger partial charge in [-0.25, -0.2) is 9.59 Å². The molecule has 0 atom stereocenters. The minimum Gasteiger partial charge on any atom is -0.478 e. The first-order valence-electron chi connectivity index (χ1n) is 7.04. The zero-order chi connectivity index (χ0) is 21.3. The normalized spacial score (nSPS) is 12.1. The minimum absolute atomic E-state index is 0.388. The lowest BCUT2D eigenvalue weighted by molar-refractivity contribution is -0.138. The van der Waals surface area contributed by atoms with Crippen LogP contribution in [-0.2, 0) is 12.4 Å². The Balaban J connectivity index is 2.45. The van der Waals surface area contributed by atoms with Crippen molar-refractivity contribution in [3.8, 4) is 0 Å². The first-order chi connectivity index (χ1) is 12.8. The quantitative estimate of drug-likeness (QED) is 0.442. The van der Waals surface area contributed by atoms with Gasteiger partial charge in [-0.3, -0.25) is 0 Å². The molecule has 2 aromatic rings. The van der Waals surface area contributed by atoms with Crippen molar-refractivity contribution in [1.29, 1.82) is 0 Å². The van der Waals surface area contributed by atoms with Crippen molar-refractivity contribution in [3.63, 3.8) is 0 Å². The fraction of sp³-hybridized carbons (Fsp3) is 0.125. The summed E-state index contributed by atoms with van der Waals surface area (Å²) in [6.07, 6.45) is -9.53. The molecule has 2 rings (SSSR count). The summed E-state index contributed by atoms with van der Waals surface area (Å²) in [5.41, 5.74) is -3.31. The Morgan fingerprint density at radius 2 is 1.00 bits per heavy atom. The van der Waals surface area contributed by atoms with E-state index in [1.54, 1.807) is 0 Å². The van der Waals surface area contributed by atoms with Crippen molar-refractivity contribution in [2.75, 3.05) is 0 Å². The maximum absolute atomic E-state index is 12.9. The minimum atomic E-state index is -4.76. The van der Waals surface area contributed by atoms with Crippen LogP contribution in [0.1, 0.15) is 31.8 Å². The van der Waals surface area contributed by atoms with E-state index in [0.717, 1.165) is 12.1 Å². The second kappa shape index (κ2) is 7.95. The molecule has 0 saturated heterocycles. The first kappa shape index (κ1) is 22.0. The van der Waals surface area contributed by atoms with E-state index in [2.05, 4.69) is 0 Å². The van der Waals surface area contributed by atoms with Crippen LogP contribution in [0.3, 0.4) is 0 Å². The standard InChI is InChI=1S/C16H8F6O4S2/c17-15(18,19)7-1-3-9(13(23)24)11(5-7)27-28-12-6-8(16(20,21)22)2-4-10(12)14(25)26/h1-6H,(H,23,24)(H,25,26). The third-order valence-electron chi connectivity index (χ3n) is 3.30. The number of halogens is 6. The Bertz CT molecular complexity index is 849. The number of alkyl halides is 6. The lowest BCUT2D eigenvalue weighted by atomic mass is 10.1. The molecule has 4 nitrogen and oxygen atoms in total. The third-order valence-corrected chi connectivity index (χ3v) is 5.75. The molecule has 0 aromatic heterocycles. The second-order valence-electron chi connectivity index (χ2n) is 5.19. The van der Waals surface area contributed by atoms with Gasteiger partial charge >= 0.3 is 24.3 Å². The lowest BCUT2D eigenvalue weighted by Crippen LogP contribution is -2.08. The highest BCUT2D eigenvalue weighted by Crippen LogP contribution is 2.44. The number of aromatic carboxylic acids is 2. The maximum Gasteiger partial charge on any atom is 0.416 e. The van der Waals surface area contributed by atoms with Crippen molar-refractivity contribution in [3.05, 3.63) is 58.7 Å². The van der Waals surface area contributed by atoms with Gasteiger partial charge in [0.25, 0.3) is 0 Å². The number of carboxylic acid groups (broad SMARTS) is 2. The highest BCUT2D eigenvalue weighted by atomic mass is 33.1.